The summed E-state index contributed by atoms with van der Waals surface area (Å²) in [6.45, 7) is 10.7. The highest BCUT2D eigenvalue weighted by atomic mass is 16.5. The Morgan fingerprint density at radius 3 is 2.48 bits per heavy atom. The number of likely N-dealkylation sites (tertiary alicyclic amines) is 1. The maximum atomic E-state index is 5.86. The van der Waals surface area contributed by atoms with E-state index in [1.807, 2.05) is 0 Å². The molecular weight excluding hydrogens is 260 g/mol. The lowest BCUT2D eigenvalue weighted by molar-refractivity contribution is 0.153. The van der Waals surface area contributed by atoms with E-state index in [1.165, 1.54) is 37.9 Å². The van der Waals surface area contributed by atoms with E-state index >= 15 is 0 Å². The Hall–Kier alpha value is -1.06. The summed E-state index contributed by atoms with van der Waals surface area (Å²) < 4.78 is 5.86. The predicted molar refractivity (Wildman–Crippen MR) is 88.8 cm³/mol. The largest absolute Gasteiger partial charge is 0.492 e. The molecule has 3 nitrogen and oxygen atoms in total. The van der Waals surface area contributed by atoms with E-state index in [1.54, 1.807) is 0 Å². The van der Waals surface area contributed by atoms with Crippen molar-refractivity contribution in [2.75, 3.05) is 32.8 Å². The molecular formula is C18H30N2O. The molecule has 1 aromatic rings. The summed E-state index contributed by atoms with van der Waals surface area (Å²) in [4.78, 5) is 2.53. The SMILES string of the molecule is CCNCc1ccc(OCCN2CCC(CC)CC2)cc1. The van der Waals surface area contributed by atoms with Crippen LogP contribution in [0.25, 0.3) is 0 Å². The number of ether oxygens (including phenoxy) is 1. The number of nitrogens with zero attached hydrogens (tertiary/aromatic N) is 1. The van der Waals surface area contributed by atoms with E-state index in [0.717, 1.165) is 37.9 Å². The summed E-state index contributed by atoms with van der Waals surface area (Å²) in [6.07, 6.45) is 4.05. The zero-order valence-corrected chi connectivity index (χ0v) is 13.6. The molecule has 0 spiro atoms. The van der Waals surface area contributed by atoms with Gasteiger partial charge in [0.25, 0.3) is 0 Å². The molecule has 1 aliphatic heterocycles. The predicted octanol–water partition coefficient (Wildman–Crippen LogP) is 3.30. The van der Waals surface area contributed by atoms with E-state index in [9.17, 15) is 0 Å². The molecule has 3 heteroatoms. The zero-order valence-electron chi connectivity index (χ0n) is 13.6. The lowest BCUT2D eigenvalue weighted by atomic mass is 9.94. The van der Waals surface area contributed by atoms with Crippen molar-refractivity contribution in [3.8, 4) is 5.75 Å². The molecule has 0 unspecified atom stereocenters. The Balaban J connectivity index is 1.64. The van der Waals surface area contributed by atoms with Gasteiger partial charge in [-0.25, -0.2) is 0 Å². The minimum absolute atomic E-state index is 0.795. The van der Waals surface area contributed by atoms with Crippen LogP contribution in [0.2, 0.25) is 0 Å². The van der Waals surface area contributed by atoms with Gasteiger partial charge in [-0.05, 0) is 56.1 Å². The Bertz CT molecular complexity index is 383. The minimum atomic E-state index is 0.795. The number of piperidine rings is 1. The van der Waals surface area contributed by atoms with Crippen molar-refractivity contribution in [2.24, 2.45) is 5.92 Å². The van der Waals surface area contributed by atoms with Crippen molar-refractivity contribution in [3.63, 3.8) is 0 Å². The molecule has 2 rings (SSSR count). The van der Waals surface area contributed by atoms with Crippen molar-refractivity contribution in [1.29, 1.82) is 0 Å². The lowest BCUT2D eigenvalue weighted by Gasteiger charge is -2.31. The van der Waals surface area contributed by atoms with E-state index in [-0.39, 0.29) is 0 Å². The molecule has 1 heterocycles. The van der Waals surface area contributed by atoms with Gasteiger partial charge in [0.1, 0.15) is 12.4 Å². The third-order valence-corrected chi connectivity index (χ3v) is 4.46. The van der Waals surface area contributed by atoms with Crippen LogP contribution in [-0.2, 0) is 6.54 Å². The van der Waals surface area contributed by atoms with Crippen LogP contribution >= 0.6 is 0 Å². The molecule has 1 N–H and O–H groups in total. The smallest absolute Gasteiger partial charge is 0.119 e. The third-order valence-electron chi connectivity index (χ3n) is 4.46. The Kier molecular flexibility index (Phi) is 7.04. The molecule has 0 amide bonds. The van der Waals surface area contributed by atoms with E-state index in [4.69, 9.17) is 4.74 Å². The van der Waals surface area contributed by atoms with Gasteiger partial charge in [-0.15, -0.1) is 0 Å². The second-order valence-electron chi connectivity index (χ2n) is 5.97. The first-order valence-corrected chi connectivity index (χ1v) is 8.46. The molecule has 0 atom stereocenters. The van der Waals surface area contributed by atoms with Crippen molar-refractivity contribution in [2.45, 2.75) is 39.7 Å². The highest BCUT2D eigenvalue weighted by Gasteiger charge is 2.17. The van der Waals surface area contributed by atoms with Gasteiger partial charge in [-0.1, -0.05) is 32.4 Å². The summed E-state index contributed by atoms with van der Waals surface area (Å²) in [5, 5.41) is 3.33. The minimum Gasteiger partial charge on any atom is -0.492 e. The van der Waals surface area contributed by atoms with Gasteiger partial charge in [0.2, 0.25) is 0 Å². The van der Waals surface area contributed by atoms with Crippen LogP contribution in [0, 0.1) is 5.92 Å². The lowest BCUT2D eigenvalue weighted by Crippen LogP contribution is -2.36. The van der Waals surface area contributed by atoms with Crippen molar-refractivity contribution in [1.82, 2.24) is 10.2 Å². The van der Waals surface area contributed by atoms with Crippen LogP contribution in [0.1, 0.15) is 38.7 Å². The normalized spacial score (nSPS) is 17.0. The standard InChI is InChI=1S/C18H30N2O/c1-3-16-9-11-20(12-10-16)13-14-21-18-7-5-17(6-8-18)15-19-4-2/h5-8,16,19H,3-4,9-15H2,1-2H3. The number of hydrogen-bond donors (Lipinski definition) is 1. The second-order valence-corrected chi connectivity index (χ2v) is 5.97. The van der Waals surface area contributed by atoms with Crippen LogP contribution in [0.15, 0.2) is 24.3 Å². The average molecular weight is 290 g/mol. The number of rotatable bonds is 8. The summed E-state index contributed by atoms with van der Waals surface area (Å²) in [5.41, 5.74) is 1.31. The Morgan fingerprint density at radius 1 is 1.14 bits per heavy atom. The Morgan fingerprint density at radius 2 is 1.86 bits per heavy atom. The van der Waals surface area contributed by atoms with Gasteiger partial charge in [-0.2, -0.15) is 0 Å². The summed E-state index contributed by atoms with van der Waals surface area (Å²) in [7, 11) is 0. The van der Waals surface area contributed by atoms with Crippen LogP contribution in [-0.4, -0.2) is 37.7 Å². The number of hydrogen-bond acceptors (Lipinski definition) is 3. The van der Waals surface area contributed by atoms with Crippen molar-refractivity contribution in [3.05, 3.63) is 29.8 Å². The third kappa shape index (κ3) is 5.68. The maximum Gasteiger partial charge on any atom is 0.119 e. The first-order valence-electron chi connectivity index (χ1n) is 8.46. The molecule has 0 saturated carbocycles. The fraction of sp³-hybridized carbons (Fsp3) is 0.667. The molecule has 1 saturated heterocycles. The molecule has 0 aliphatic carbocycles. The van der Waals surface area contributed by atoms with E-state index in [0.29, 0.717) is 0 Å². The molecule has 0 aromatic heterocycles. The van der Waals surface area contributed by atoms with Crippen LogP contribution in [0.3, 0.4) is 0 Å². The van der Waals surface area contributed by atoms with Crippen LogP contribution < -0.4 is 10.1 Å². The summed E-state index contributed by atoms with van der Waals surface area (Å²) in [6, 6.07) is 8.45. The van der Waals surface area contributed by atoms with Gasteiger partial charge in [0, 0.05) is 13.1 Å². The first-order chi connectivity index (χ1) is 10.3. The van der Waals surface area contributed by atoms with Gasteiger partial charge >= 0.3 is 0 Å². The van der Waals surface area contributed by atoms with Gasteiger partial charge in [0.05, 0.1) is 0 Å². The molecule has 1 aliphatic rings. The van der Waals surface area contributed by atoms with E-state index < -0.39 is 0 Å². The van der Waals surface area contributed by atoms with Gasteiger partial charge in [-0.3, -0.25) is 4.90 Å². The monoisotopic (exact) mass is 290 g/mol. The highest BCUT2D eigenvalue weighted by Crippen LogP contribution is 2.19. The number of nitrogens with one attached hydrogen (secondary N) is 1. The topological polar surface area (TPSA) is 24.5 Å². The molecule has 118 valence electrons. The van der Waals surface area contributed by atoms with Crippen LogP contribution in [0.4, 0.5) is 0 Å². The molecule has 0 bridgehead atoms. The number of benzene rings is 1. The quantitative estimate of drug-likeness (QED) is 0.795. The fourth-order valence-corrected chi connectivity index (χ4v) is 2.88. The highest BCUT2D eigenvalue weighted by molar-refractivity contribution is 5.27. The van der Waals surface area contributed by atoms with Gasteiger partial charge in [0.15, 0.2) is 0 Å². The molecule has 0 radical (unpaired) electrons. The van der Waals surface area contributed by atoms with Crippen molar-refractivity contribution < 1.29 is 4.74 Å². The molecule has 1 fully saturated rings. The van der Waals surface area contributed by atoms with Gasteiger partial charge < -0.3 is 10.1 Å². The summed E-state index contributed by atoms with van der Waals surface area (Å²) >= 11 is 0. The first kappa shape index (κ1) is 16.3. The Labute approximate surface area is 129 Å². The second kappa shape index (κ2) is 9.06. The molecule has 1 aromatic carbocycles. The summed E-state index contributed by atoms with van der Waals surface area (Å²) in [5.74, 6) is 1.94. The van der Waals surface area contributed by atoms with E-state index in [2.05, 4.69) is 48.3 Å². The zero-order chi connectivity index (χ0) is 14.9. The van der Waals surface area contributed by atoms with Crippen LogP contribution in [0.5, 0.6) is 5.75 Å². The van der Waals surface area contributed by atoms with Crippen molar-refractivity contribution >= 4 is 0 Å². The average Bonchev–Trinajstić information content (AvgIpc) is 2.55. The molecule has 21 heavy (non-hydrogen) atoms. The maximum absolute atomic E-state index is 5.86. The fourth-order valence-electron chi connectivity index (χ4n) is 2.88.